The number of nitrogens with two attached hydrogens (primary N) is 1. The highest BCUT2D eigenvalue weighted by molar-refractivity contribution is 7.98. The number of anilines is 1. The smallest absolute Gasteiger partial charge is 0.0991 e. The Labute approximate surface area is 132 Å². The van der Waals surface area contributed by atoms with Crippen LogP contribution in [0.15, 0.2) is 66.1 Å². The van der Waals surface area contributed by atoms with Gasteiger partial charge in [-0.05, 0) is 35.9 Å². The first-order valence-electron chi connectivity index (χ1n) is 6.47. The van der Waals surface area contributed by atoms with Crippen LogP contribution in [0.25, 0.3) is 5.69 Å². The van der Waals surface area contributed by atoms with Crippen LogP contribution >= 0.6 is 23.4 Å². The van der Waals surface area contributed by atoms with Crippen LogP contribution in [-0.4, -0.2) is 9.55 Å². The van der Waals surface area contributed by atoms with E-state index in [4.69, 9.17) is 17.3 Å². The van der Waals surface area contributed by atoms with E-state index in [1.54, 1.807) is 24.3 Å². The number of rotatable bonds is 4. The molecule has 5 heteroatoms. The van der Waals surface area contributed by atoms with E-state index in [1.165, 1.54) is 5.56 Å². The first kappa shape index (κ1) is 14.0. The van der Waals surface area contributed by atoms with E-state index in [0.717, 1.165) is 16.3 Å². The van der Waals surface area contributed by atoms with Crippen molar-refractivity contribution >= 4 is 29.1 Å². The molecule has 1 heterocycles. The minimum Gasteiger partial charge on any atom is -0.398 e. The van der Waals surface area contributed by atoms with E-state index in [-0.39, 0.29) is 0 Å². The number of thioether (sulfide) groups is 1. The Hall–Kier alpha value is -1.91. The van der Waals surface area contributed by atoms with Crippen molar-refractivity contribution in [1.29, 1.82) is 0 Å². The van der Waals surface area contributed by atoms with Gasteiger partial charge in [-0.1, -0.05) is 23.7 Å². The van der Waals surface area contributed by atoms with Crippen LogP contribution in [0.4, 0.5) is 5.69 Å². The molecule has 0 aliphatic carbocycles. The molecule has 0 spiro atoms. The van der Waals surface area contributed by atoms with Gasteiger partial charge in [0.15, 0.2) is 0 Å². The summed E-state index contributed by atoms with van der Waals surface area (Å²) in [6.45, 7) is 0. The van der Waals surface area contributed by atoms with Crippen LogP contribution in [0.5, 0.6) is 0 Å². The van der Waals surface area contributed by atoms with Crippen molar-refractivity contribution in [2.75, 3.05) is 5.73 Å². The number of benzene rings is 2. The number of hydrogen-bond acceptors (Lipinski definition) is 3. The van der Waals surface area contributed by atoms with Crippen molar-refractivity contribution in [2.45, 2.75) is 10.6 Å². The summed E-state index contributed by atoms with van der Waals surface area (Å²) in [5.74, 6) is 0.893. The van der Waals surface area contributed by atoms with Gasteiger partial charge in [0.1, 0.15) is 0 Å². The van der Waals surface area contributed by atoms with E-state index in [2.05, 4.69) is 29.2 Å². The zero-order valence-corrected chi connectivity index (χ0v) is 12.8. The van der Waals surface area contributed by atoms with Gasteiger partial charge in [0.2, 0.25) is 0 Å². The minimum absolute atomic E-state index is 0.607. The SMILES string of the molecule is Nc1ccc(SCc2ccc(-n3ccnc3)cc2)cc1Cl. The highest BCUT2D eigenvalue weighted by Gasteiger charge is 2.01. The molecule has 0 bridgehead atoms. The monoisotopic (exact) mass is 315 g/mol. The molecule has 0 aliphatic rings. The summed E-state index contributed by atoms with van der Waals surface area (Å²) >= 11 is 7.77. The molecule has 106 valence electrons. The molecule has 2 aromatic carbocycles. The molecule has 1 aromatic heterocycles. The van der Waals surface area contributed by atoms with E-state index in [9.17, 15) is 0 Å². The Morgan fingerprint density at radius 1 is 1.14 bits per heavy atom. The summed E-state index contributed by atoms with van der Waals surface area (Å²) in [4.78, 5) is 5.17. The number of imidazole rings is 1. The fraction of sp³-hybridized carbons (Fsp3) is 0.0625. The van der Waals surface area contributed by atoms with E-state index in [1.807, 2.05) is 29.0 Å². The van der Waals surface area contributed by atoms with Gasteiger partial charge in [-0.15, -0.1) is 11.8 Å². The van der Waals surface area contributed by atoms with Crippen LogP contribution in [0.1, 0.15) is 5.56 Å². The lowest BCUT2D eigenvalue weighted by molar-refractivity contribution is 1.05. The number of hydrogen-bond donors (Lipinski definition) is 1. The first-order chi connectivity index (χ1) is 10.2. The second kappa shape index (κ2) is 6.24. The molecule has 0 fully saturated rings. The van der Waals surface area contributed by atoms with Crippen LogP contribution in [0.2, 0.25) is 5.02 Å². The summed E-state index contributed by atoms with van der Waals surface area (Å²) in [6.07, 6.45) is 5.49. The second-order valence-electron chi connectivity index (χ2n) is 4.61. The van der Waals surface area contributed by atoms with Gasteiger partial charge in [0.05, 0.1) is 17.0 Å². The molecule has 0 radical (unpaired) electrons. The van der Waals surface area contributed by atoms with E-state index in [0.29, 0.717) is 10.7 Å². The summed E-state index contributed by atoms with van der Waals surface area (Å²) in [5, 5.41) is 0.607. The summed E-state index contributed by atoms with van der Waals surface area (Å²) in [6, 6.07) is 14.2. The van der Waals surface area contributed by atoms with Gasteiger partial charge >= 0.3 is 0 Å². The third-order valence-electron chi connectivity index (χ3n) is 3.12. The third-order valence-corrected chi connectivity index (χ3v) is 4.51. The summed E-state index contributed by atoms with van der Waals surface area (Å²) < 4.78 is 1.98. The normalized spacial score (nSPS) is 10.7. The maximum absolute atomic E-state index is 6.03. The number of aromatic nitrogens is 2. The average Bonchev–Trinajstić information content (AvgIpc) is 3.03. The average molecular weight is 316 g/mol. The molecular weight excluding hydrogens is 302 g/mol. The third kappa shape index (κ3) is 3.40. The Morgan fingerprint density at radius 3 is 2.62 bits per heavy atom. The standard InChI is InChI=1S/C16H14ClN3S/c17-15-9-14(5-6-16(15)18)21-10-12-1-3-13(4-2-12)20-8-7-19-11-20/h1-9,11H,10,18H2. The van der Waals surface area contributed by atoms with Crippen molar-refractivity contribution < 1.29 is 0 Å². The Kier molecular flexibility index (Phi) is 4.18. The maximum atomic E-state index is 6.03. The highest BCUT2D eigenvalue weighted by Crippen LogP contribution is 2.28. The highest BCUT2D eigenvalue weighted by atomic mass is 35.5. The zero-order chi connectivity index (χ0) is 14.7. The molecule has 21 heavy (non-hydrogen) atoms. The van der Waals surface area contributed by atoms with Crippen LogP contribution < -0.4 is 5.73 Å². The molecule has 0 saturated heterocycles. The molecule has 0 unspecified atom stereocenters. The van der Waals surface area contributed by atoms with Crippen LogP contribution in [0.3, 0.4) is 0 Å². The predicted molar refractivity (Wildman–Crippen MR) is 89.0 cm³/mol. The molecular formula is C16H14ClN3S. The van der Waals surface area contributed by atoms with Gasteiger partial charge < -0.3 is 10.3 Å². The quantitative estimate of drug-likeness (QED) is 0.573. The second-order valence-corrected chi connectivity index (χ2v) is 6.06. The van der Waals surface area contributed by atoms with Crippen LogP contribution in [-0.2, 0) is 5.75 Å². The van der Waals surface area contributed by atoms with E-state index >= 15 is 0 Å². The Bertz CT molecular complexity index is 724. The first-order valence-corrected chi connectivity index (χ1v) is 7.84. The lowest BCUT2D eigenvalue weighted by Crippen LogP contribution is -1.90. The van der Waals surface area contributed by atoms with Gasteiger partial charge in [0.25, 0.3) is 0 Å². The number of nitrogen functional groups attached to an aromatic ring is 1. The van der Waals surface area contributed by atoms with Crippen molar-refractivity contribution in [3.63, 3.8) is 0 Å². The molecule has 0 atom stereocenters. The van der Waals surface area contributed by atoms with Gasteiger partial charge in [-0.2, -0.15) is 0 Å². The summed E-state index contributed by atoms with van der Waals surface area (Å²) in [7, 11) is 0. The van der Waals surface area contributed by atoms with Crippen molar-refractivity contribution in [3.05, 3.63) is 71.8 Å². The lowest BCUT2D eigenvalue weighted by atomic mass is 10.2. The molecule has 2 N–H and O–H groups in total. The zero-order valence-electron chi connectivity index (χ0n) is 11.2. The Morgan fingerprint density at radius 2 is 1.95 bits per heavy atom. The largest absolute Gasteiger partial charge is 0.398 e. The molecule has 3 rings (SSSR count). The van der Waals surface area contributed by atoms with Gasteiger partial charge in [-0.25, -0.2) is 4.98 Å². The van der Waals surface area contributed by atoms with Crippen molar-refractivity contribution in [2.24, 2.45) is 0 Å². The van der Waals surface area contributed by atoms with Crippen molar-refractivity contribution in [3.8, 4) is 5.69 Å². The topological polar surface area (TPSA) is 43.8 Å². The molecule has 0 amide bonds. The van der Waals surface area contributed by atoms with Gasteiger partial charge in [0, 0.05) is 28.7 Å². The minimum atomic E-state index is 0.607. The predicted octanol–water partition coefficient (Wildman–Crippen LogP) is 4.40. The lowest BCUT2D eigenvalue weighted by Gasteiger charge is -2.06. The number of halogens is 1. The Balaban J connectivity index is 1.66. The molecule has 0 aliphatic heterocycles. The van der Waals surface area contributed by atoms with Crippen LogP contribution in [0, 0.1) is 0 Å². The van der Waals surface area contributed by atoms with Gasteiger partial charge in [-0.3, -0.25) is 0 Å². The summed E-state index contributed by atoms with van der Waals surface area (Å²) in [5.41, 5.74) is 8.70. The van der Waals surface area contributed by atoms with E-state index < -0.39 is 0 Å². The fourth-order valence-electron chi connectivity index (χ4n) is 1.94. The fourth-order valence-corrected chi connectivity index (χ4v) is 3.08. The molecule has 0 saturated carbocycles. The molecule has 3 aromatic rings. The maximum Gasteiger partial charge on any atom is 0.0991 e. The molecule has 3 nitrogen and oxygen atoms in total. The van der Waals surface area contributed by atoms with Crippen molar-refractivity contribution in [1.82, 2.24) is 9.55 Å². The number of nitrogens with zero attached hydrogens (tertiary/aromatic N) is 2.